The van der Waals surface area contributed by atoms with Crippen molar-refractivity contribution in [1.82, 2.24) is 0 Å². The molecule has 2 heterocycles. The molecule has 0 unspecified atom stereocenters. The lowest BCUT2D eigenvalue weighted by Crippen LogP contribution is -2.61. The van der Waals surface area contributed by atoms with Crippen LogP contribution in [0.25, 0.3) is 0 Å². The maximum atomic E-state index is 10.5. The van der Waals surface area contributed by atoms with Gasteiger partial charge in [0.1, 0.15) is 0 Å². The molecule has 2 aromatic heterocycles. The monoisotopic (exact) mass is 246 g/mol. The van der Waals surface area contributed by atoms with E-state index in [0.29, 0.717) is 0 Å². The molecule has 0 fully saturated rings. The first-order valence-electron chi connectivity index (χ1n) is 4.22. The van der Waals surface area contributed by atoms with Gasteiger partial charge in [0.05, 0.1) is 27.1 Å². The van der Waals surface area contributed by atoms with E-state index in [9.17, 15) is 14.0 Å². The SMILES string of the molecule is [O-][Cl+3]([O-])([O-])OC(c1ccco1)c1ccco1. The van der Waals surface area contributed by atoms with Gasteiger partial charge in [0.2, 0.25) is 0 Å². The van der Waals surface area contributed by atoms with E-state index in [1.54, 1.807) is 12.1 Å². The Labute approximate surface area is 92.4 Å². The van der Waals surface area contributed by atoms with Crippen molar-refractivity contribution in [2.45, 2.75) is 6.10 Å². The predicted molar refractivity (Wildman–Crippen MR) is 40.3 cm³/mol. The molecule has 0 bridgehead atoms. The van der Waals surface area contributed by atoms with Crippen molar-refractivity contribution in [3.05, 3.63) is 48.3 Å². The number of halogens is 1. The molecule has 0 amide bonds. The third kappa shape index (κ3) is 2.63. The topological polar surface area (TPSA) is 105 Å². The van der Waals surface area contributed by atoms with Crippen LogP contribution in [0.1, 0.15) is 17.6 Å². The Balaban J connectivity index is 2.28. The van der Waals surface area contributed by atoms with Gasteiger partial charge in [-0.25, -0.2) is 0 Å². The summed E-state index contributed by atoms with van der Waals surface area (Å²) in [6.07, 6.45) is 1.47. The Hall–Kier alpha value is -1.31. The Morgan fingerprint density at radius 2 is 1.50 bits per heavy atom. The Morgan fingerprint density at radius 1 is 1.00 bits per heavy atom. The van der Waals surface area contributed by atoms with Crippen LogP contribution < -0.4 is 14.0 Å². The first-order chi connectivity index (χ1) is 7.56. The second-order valence-corrected chi connectivity index (χ2v) is 3.81. The van der Waals surface area contributed by atoms with Gasteiger partial charge in [-0.05, 0) is 24.3 Å². The third-order valence-electron chi connectivity index (χ3n) is 1.80. The lowest BCUT2D eigenvalue weighted by atomic mass is 10.2. The summed E-state index contributed by atoms with van der Waals surface area (Å²) in [6.45, 7) is 0. The molecule has 2 rings (SSSR count). The highest BCUT2D eigenvalue weighted by Crippen LogP contribution is 2.28. The Morgan fingerprint density at radius 3 is 1.81 bits per heavy atom. The molecule has 0 radical (unpaired) electrons. The van der Waals surface area contributed by atoms with E-state index >= 15 is 0 Å². The van der Waals surface area contributed by atoms with Gasteiger partial charge in [-0.2, -0.15) is 14.0 Å². The van der Waals surface area contributed by atoms with Gasteiger partial charge < -0.3 is 8.83 Å². The fourth-order valence-corrected chi connectivity index (χ4v) is 1.61. The average Bonchev–Trinajstić information content (AvgIpc) is 2.86. The van der Waals surface area contributed by atoms with Crippen molar-refractivity contribution in [2.75, 3.05) is 0 Å². The summed E-state index contributed by atoms with van der Waals surface area (Å²) >= 11 is 0. The zero-order valence-corrected chi connectivity index (χ0v) is 8.62. The van der Waals surface area contributed by atoms with Crippen molar-refractivity contribution in [3.63, 3.8) is 0 Å². The molecule has 86 valence electrons. The van der Waals surface area contributed by atoms with Crippen molar-refractivity contribution < 1.29 is 37.3 Å². The molecule has 0 N–H and O–H groups in total. The molecule has 0 aliphatic rings. The summed E-state index contributed by atoms with van der Waals surface area (Å²) in [5.41, 5.74) is 0. The van der Waals surface area contributed by atoms with E-state index < -0.39 is 16.3 Å². The number of hydrogen-bond donors (Lipinski definition) is 0. The molecule has 0 spiro atoms. The van der Waals surface area contributed by atoms with Crippen LogP contribution >= 0.6 is 0 Å². The molecule has 0 saturated heterocycles. The zero-order valence-electron chi connectivity index (χ0n) is 7.87. The van der Waals surface area contributed by atoms with E-state index in [4.69, 9.17) is 8.83 Å². The maximum absolute atomic E-state index is 10.5. The quantitative estimate of drug-likeness (QED) is 0.676. The minimum atomic E-state index is -4.57. The van der Waals surface area contributed by atoms with Crippen molar-refractivity contribution in [2.24, 2.45) is 0 Å². The van der Waals surface area contributed by atoms with Gasteiger partial charge in [0.25, 0.3) is 0 Å². The first-order valence-corrected chi connectivity index (χ1v) is 5.46. The van der Waals surface area contributed by atoms with Crippen LogP contribution in [-0.4, -0.2) is 0 Å². The van der Waals surface area contributed by atoms with E-state index in [2.05, 4.69) is 4.29 Å². The lowest BCUT2D eigenvalue weighted by Gasteiger charge is -2.16. The molecular formula is C9H7ClO6. The van der Waals surface area contributed by atoms with Crippen molar-refractivity contribution in [1.29, 1.82) is 0 Å². The third-order valence-corrected chi connectivity index (χ3v) is 2.20. The highest BCUT2D eigenvalue weighted by Gasteiger charge is 2.36. The standard InChI is InChI=1S/C9H7ClO6/c11-10(12,13)16-9(7-3-1-5-14-7)8-4-2-6-15-8/h1-6,9H. The van der Waals surface area contributed by atoms with E-state index in [1.807, 2.05) is 0 Å². The van der Waals surface area contributed by atoms with Gasteiger partial charge >= 0.3 is 6.10 Å². The van der Waals surface area contributed by atoms with E-state index in [1.165, 1.54) is 24.7 Å². The number of hydrogen-bond acceptors (Lipinski definition) is 6. The van der Waals surface area contributed by atoms with Crippen LogP contribution in [0.2, 0.25) is 0 Å². The highest BCUT2D eigenvalue weighted by molar-refractivity contribution is 5.15. The molecule has 0 aliphatic carbocycles. The lowest BCUT2D eigenvalue weighted by molar-refractivity contribution is -1.92. The molecule has 0 saturated carbocycles. The second-order valence-electron chi connectivity index (χ2n) is 2.88. The van der Waals surface area contributed by atoms with Crippen LogP contribution in [0.5, 0.6) is 0 Å². The van der Waals surface area contributed by atoms with Crippen LogP contribution in [0.3, 0.4) is 0 Å². The fraction of sp³-hybridized carbons (Fsp3) is 0.111. The molecular weight excluding hydrogens is 240 g/mol. The van der Waals surface area contributed by atoms with Gasteiger partial charge in [-0.3, -0.25) is 0 Å². The summed E-state index contributed by atoms with van der Waals surface area (Å²) in [5, 5.41) is 0. The first kappa shape index (κ1) is 11.2. The molecule has 7 heteroatoms. The number of furan rings is 2. The minimum Gasteiger partial charge on any atom is -0.465 e. The summed E-state index contributed by atoms with van der Waals surface area (Å²) in [6, 6.07) is 6.05. The maximum Gasteiger partial charge on any atom is 0.327 e. The van der Waals surface area contributed by atoms with E-state index in [0.717, 1.165) is 0 Å². The summed E-state index contributed by atoms with van der Waals surface area (Å²) in [7, 11) is -4.57. The van der Waals surface area contributed by atoms with Crippen molar-refractivity contribution >= 4 is 0 Å². The molecule has 0 aliphatic heterocycles. The largest absolute Gasteiger partial charge is 0.465 e. The van der Waals surface area contributed by atoms with Crippen LogP contribution in [0.4, 0.5) is 0 Å². The number of rotatable bonds is 4. The van der Waals surface area contributed by atoms with Gasteiger partial charge in [-0.15, -0.1) is 0 Å². The minimum absolute atomic E-state index is 0.168. The van der Waals surface area contributed by atoms with Crippen LogP contribution in [0.15, 0.2) is 45.6 Å². The van der Waals surface area contributed by atoms with Crippen LogP contribution in [0, 0.1) is 10.2 Å². The molecule has 0 aromatic carbocycles. The Kier molecular flexibility index (Phi) is 2.99. The Bertz CT molecular complexity index is 381. The molecule has 2 aromatic rings. The highest BCUT2D eigenvalue weighted by atomic mass is 35.7. The zero-order chi connectivity index (χ0) is 11.6. The molecule has 16 heavy (non-hydrogen) atoms. The van der Waals surface area contributed by atoms with Gasteiger partial charge in [0.15, 0.2) is 11.5 Å². The van der Waals surface area contributed by atoms with E-state index in [-0.39, 0.29) is 11.5 Å². The molecule has 0 atom stereocenters. The van der Waals surface area contributed by atoms with Gasteiger partial charge in [-0.1, -0.05) is 0 Å². The van der Waals surface area contributed by atoms with Crippen molar-refractivity contribution in [3.8, 4) is 0 Å². The summed E-state index contributed by atoms with van der Waals surface area (Å²) in [4.78, 5) is 0. The average molecular weight is 247 g/mol. The van der Waals surface area contributed by atoms with Crippen LogP contribution in [-0.2, 0) is 4.29 Å². The predicted octanol–water partition coefficient (Wildman–Crippen LogP) is -1.12. The normalized spacial score (nSPS) is 12.2. The summed E-state index contributed by atoms with van der Waals surface area (Å²) in [5.74, 6) is 0.337. The van der Waals surface area contributed by atoms with Gasteiger partial charge in [0, 0.05) is 0 Å². The fourth-order valence-electron chi connectivity index (χ4n) is 1.22. The molecule has 6 nitrogen and oxygen atoms in total. The smallest absolute Gasteiger partial charge is 0.327 e. The summed E-state index contributed by atoms with van der Waals surface area (Å²) < 4.78 is 45.9. The second kappa shape index (κ2) is 4.28.